The molecule has 144 valence electrons. The molecule has 1 atom stereocenters. The van der Waals surface area contributed by atoms with Gasteiger partial charge in [-0.1, -0.05) is 6.58 Å². The Morgan fingerprint density at radius 3 is 2.46 bits per heavy atom. The van der Waals surface area contributed by atoms with E-state index in [2.05, 4.69) is 29.2 Å². The first-order valence-corrected chi connectivity index (χ1v) is 9.65. The number of rotatable bonds is 0. The molecule has 0 aliphatic carbocycles. The minimum atomic E-state index is -1.85. The van der Waals surface area contributed by atoms with Crippen LogP contribution in [-0.4, -0.2) is 29.5 Å². The van der Waals surface area contributed by atoms with Crippen molar-refractivity contribution in [3.63, 3.8) is 0 Å². The molecule has 0 N–H and O–H groups in total. The van der Waals surface area contributed by atoms with Crippen molar-refractivity contribution in [3.05, 3.63) is 39.6 Å². The number of hydrogen-bond acceptors (Lipinski definition) is 5. The first kappa shape index (κ1) is 20.2. The van der Waals surface area contributed by atoms with Gasteiger partial charge >= 0.3 is 6.09 Å². The number of likely N-dealkylation sites (tertiary alicyclic amines) is 1. The van der Waals surface area contributed by atoms with Gasteiger partial charge in [0.25, 0.3) is 5.91 Å². The number of hydrogen-bond donors (Lipinski definition) is 0. The van der Waals surface area contributed by atoms with Gasteiger partial charge in [0.15, 0.2) is 11.0 Å². The number of nitriles is 2. The van der Waals surface area contributed by atoms with E-state index in [4.69, 9.17) is 4.74 Å². The summed E-state index contributed by atoms with van der Waals surface area (Å²) in [5.74, 6) is -0.530. The maximum absolute atomic E-state index is 13.6. The Morgan fingerprint density at radius 2 is 1.93 bits per heavy atom. The quantitative estimate of drug-likeness (QED) is 0.518. The lowest BCUT2D eigenvalue weighted by Crippen LogP contribution is -2.58. The lowest BCUT2D eigenvalue weighted by atomic mass is 9.68. The molecule has 1 spiro atoms. The smallest absolute Gasteiger partial charge is 0.415 e. The van der Waals surface area contributed by atoms with Crippen LogP contribution in [0.2, 0.25) is 0 Å². The van der Waals surface area contributed by atoms with E-state index >= 15 is 0 Å². The second kappa shape index (κ2) is 6.21. The molecule has 0 saturated carbocycles. The molecule has 7 nitrogen and oxygen atoms in total. The maximum atomic E-state index is 13.6. The van der Waals surface area contributed by atoms with Crippen LogP contribution in [0.4, 0.5) is 10.5 Å². The Morgan fingerprint density at radius 1 is 1.32 bits per heavy atom. The Bertz CT molecular complexity index is 984. The fraction of sp³-hybridized carbons (Fsp3) is 0.400. The number of carbonyl (C=O) groups excluding carboxylic acids is 2. The molecule has 1 saturated heterocycles. The predicted molar refractivity (Wildman–Crippen MR) is 110 cm³/mol. The molecule has 2 aliphatic rings. The zero-order valence-electron chi connectivity index (χ0n) is 16.0. The van der Waals surface area contributed by atoms with Gasteiger partial charge in [-0.2, -0.15) is 10.5 Å². The van der Waals surface area contributed by atoms with E-state index in [0.717, 1.165) is 8.47 Å². The van der Waals surface area contributed by atoms with Gasteiger partial charge in [-0.15, -0.1) is 0 Å². The van der Waals surface area contributed by atoms with Gasteiger partial charge in [-0.05, 0) is 61.6 Å². The standard InChI is InChI=1S/C20H19IN4O3/c1-12-9-19(10-22,11-23)20(25(12)17(27)28-18(2,3)4)14-8-13(21)6-7-15(14)24(5)16(20)26/h6-8H,1,9H2,2-5H3/t20-/m0/s1. The van der Waals surface area contributed by atoms with Gasteiger partial charge in [0.05, 0.1) is 12.1 Å². The van der Waals surface area contributed by atoms with Crippen LogP contribution in [0.3, 0.4) is 0 Å². The van der Waals surface area contributed by atoms with E-state index in [-0.39, 0.29) is 12.1 Å². The van der Waals surface area contributed by atoms with E-state index in [1.54, 1.807) is 40.0 Å². The van der Waals surface area contributed by atoms with Crippen molar-refractivity contribution >= 4 is 40.3 Å². The summed E-state index contributed by atoms with van der Waals surface area (Å²) in [7, 11) is 1.57. The van der Waals surface area contributed by atoms with Gasteiger partial charge < -0.3 is 9.64 Å². The molecule has 28 heavy (non-hydrogen) atoms. The topological polar surface area (TPSA) is 97.4 Å². The van der Waals surface area contributed by atoms with Crippen LogP contribution >= 0.6 is 22.6 Å². The molecule has 0 radical (unpaired) electrons. The van der Waals surface area contributed by atoms with Gasteiger partial charge in [0.1, 0.15) is 5.60 Å². The molecule has 8 heteroatoms. The second-order valence-corrected chi connectivity index (χ2v) is 9.17. The Balaban J connectivity index is 2.38. The lowest BCUT2D eigenvalue weighted by molar-refractivity contribution is -0.130. The van der Waals surface area contributed by atoms with Gasteiger partial charge in [-0.3, -0.25) is 9.69 Å². The highest BCUT2D eigenvalue weighted by molar-refractivity contribution is 14.1. The minimum Gasteiger partial charge on any atom is -0.443 e. The monoisotopic (exact) mass is 490 g/mol. The predicted octanol–water partition coefficient (Wildman–Crippen LogP) is 3.65. The number of ether oxygens (including phenoxy) is 1. The summed E-state index contributed by atoms with van der Waals surface area (Å²) in [5.41, 5.74) is -3.32. The summed E-state index contributed by atoms with van der Waals surface area (Å²) in [6.45, 7) is 9.02. The third-order valence-corrected chi connectivity index (χ3v) is 5.69. The number of likely N-dealkylation sites (N-methyl/N-ethyl adjacent to an activating group) is 1. The first-order valence-electron chi connectivity index (χ1n) is 8.57. The molecule has 0 unspecified atom stereocenters. The van der Waals surface area contributed by atoms with Crippen molar-refractivity contribution in [2.24, 2.45) is 5.41 Å². The summed E-state index contributed by atoms with van der Waals surface area (Å²) < 4.78 is 6.34. The first-order chi connectivity index (χ1) is 12.9. The molecule has 3 rings (SSSR count). The van der Waals surface area contributed by atoms with E-state index in [0.29, 0.717) is 11.3 Å². The largest absolute Gasteiger partial charge is 0.443 e. The Labute approximate surface area is 177 Å². The van der Waals surface area contributed by atoms with Crippen LogP contribution in [0.15, 0.2) is 30.5 Å². The van der Waals surface area contributed by atoms with E-state index in [9.17, 15) is 20.1 Å². The number of nitrogens with zero attached hydrogens (tertiary/aromatic N) is 4. The van der Waals surface area contributed by atoms with Gasteiger partial charge in [-0.25, -0.2) is 4.79 Å². The highest BCUT2D eigenvalue weighted by atomic mass is 127. The summed E-state index contributed by atoms with van der Waals surface area (Å²) in [6, 6.07) is 9.36. The van der Waals surface area contributed by atoms with Crippen molar-refractivity contribution in [2.45, 2.75) is 38.3 Å². The van der Waals surface area contributed by atoms with Crippen molar-refractivity contribution in [1.29, 1.82) is 10.5 Å². The maximum Gasteiger partial charge on any atom is 0.415 e. The number of halogens is 1. The number of fused-ring (bicyclic) bond motifs is 2. The molecule has 2 heterocycles. The van der Waals surface area contributed by atoms with Gasteiger partial charge in [0, 0.05) is 34.0 Å². The lowest BCUT2D eigenvalue weighted by Gasteiger charge is -2.39. The summed E-state index contributed by atoms with van der Waals surface area (Å²) in [6.07, 6.45) is -0.942. The van der Waals surface area contributed by atoms with E-state index in [1.807, 2.05) is 18.2 Å². The number of allylic oxidation sites excluding steroid dienone is 1. The summed E-state index contributed by atoms with van der Waals surface area (Å²) in [5, 5.41) is 20.1. The molecular formula is C20H19IN4O3. The van der Waals surface area contributed by atoms with Crippen LogP contribution < -0.4 is 4.90 Å². The van der Waals surface area contributed by atoms with E-state index in [1.165, 1.54) is 4.90 Å². The fourth-order valence-electron chi connectivity index (χ4n) is 3.97. The zero-order chi connectivity index (χ0) is 21.1. The Hall–Kier alpha value is -2.59. The molecule has 0 aromatic heterocycles. The average Bonchev–Trinajstić information content (AvgIpc) is 2.99. The number of carbonyl (C=O) groups is 2. The highest BCUT2D eigenvalue weighted by Crippen LogP contribution is 2.61. The highest BCUT2D eigenvalue weighted by Gasteiger charge is 2.73. The number of amides is 2. The number of benzene rings is 1. The SMILES string of the molecule is C=C1CC(C#N)(C#N)[C@]2(C(=O)N(C)c3ccc(I)cc32)N1C(=O)OC(C)(C)C. The van der Waals surface area contributed by atoms with Crippen molar-refractivity contribution < 1.29 is 14.3 Å². The van der Waals surface area contributed by atoms with Gasteiger partial charge in [0.2, 0.25) is 0 Å². The molecule has 2 amide bonds. The third kappa shape index (κ3) is 2.44. The summed E-state index contributed by atoms with van der Waals surface area (Å²) in [4.78, 5) is 29.2. The average molecular weight is 490 g/mol. The number of anilines is 1. The van der Waals surface area contributed by atoms with Crippen LogP contribution in [0.5, 0.6) is 0 Å². The third-order valence-electron chi connectivity index (χ3n) is 5.02. The van der Waals surface area contributed by atoms with Crippen molar-refractivity contribution in [1.82, 2.24) is 4.90 Å². The van der Waals surface area contributed by atoms with Crippen LogP contribution in [0.25, 0.3) is 0 Å². The van der Waals surface area contributed by atoms with E-state index < -0.39 is 28.6 Å². The molecule has 1 fully saturated rings. The molecule has 1 aromatic rings. The molecule has 0 bridgehead atoms. The van der Waals surface area contributed by atoms with Crippen LogP contribution in [0, 0.1) is 31.6 Å². The zero-order valence-corrected chi connectivity index (χ0v) is 18.2. The van der Waals surface area contributed by atoms with Crippen molar-refractivity contribution in [3.8, 4) is 12.1 Å². The van der Waals surface area contributed by atoms with Crippen molar-refractivity contribution in [2.75, 3.05) is 11.9 Å². The van der Waals surface area contributed by atoms with Crippen LogP contribution in [-0.2, 0) is 15.1 Å². The Kier molecular flexibility index (Phi) is 4.47. The summed E-state index contributed by atoms with van der Waals surface area (Å²) >= 11 is 2.09. The molecule has 1 aromatic carbocycles. The second-order valence-electron chi connectivity index (χ2n) is 7.92. The normalized spacial score (nSPS) is 22.8. The fourth-order valence-corrected chi connectivity index (χ4v) is 4.46. The molecular weight excluding hydrogens is 471 g/mol. The minimum absolute atomic E-state index is 0.135. The molecule has 2 aliphatic heterocycles. The van der Waals surface area contributed by atoms with Crippen LogP contribution in [0.1, 0.15) is 32.8 Å².